The first kappa shape index (κ1) is 13.1. The predicted octanol–water partition coefficient (Wildman–Crippen LogP) is 3.37. The van der Waals surface area contributed by atoms with Gasteiger partial charge in [0.25, 0.3) is 0 Å². The Hall–Kier alpha value is -0.930. The standard InChI is InChI=1S/C12H14N2S.ClH/c15-12(14-9-8-13-10-14)7-6-11-4-2-1-3-5-11;/h1-5,8-10,12,15H,6-7H2;1H. The van der Waals surface area contributed by atoms with Gasteiger partial charge >= 0.3 is 0 Å². The predicted molar refractivity (Wildman–Crippen MR) is 72.3 cm³/mol. The van der Waals surface area contributed by atoms with Gasteiger partial charge in [0, 0.05) is 12.4 Å². The molecule has 1 atom stereocenters. The van der Waals surface area contributed by atoms with Crippen LogP contribution >= 0.6 is 25.0 Å². The Morgan fingerprint density at radius 1 is 1.25 bits per heavy atom. The normalized spacial score (nSPS) is 11.8. The topological polar surface area (TPSA) is 17.8 Å². The Morgan fingerprint density at radius 2 is 2.00 bits per heavy atom. The molecule has 1 aromatic heterocycles. The molecule has 0 radical (unpaired) electrons. The van der Waals surface area contributed by atoms with E-state index in [1.807, 2.05) is 23.2 Å². The van der Waals surface area contributed by atoms with Gasteiger partial charge in [0.05, 0.1) is 11.7 Å². The second-order valence-electron chi connectivity index (χ2n) is 3.51. The number of thiol groups is 1. The minimum absolute atomic E-state index is 0. The number of imidazole rings is 1. The third kappa shape index (κ3) is 3.58. The second kappa shape index (κ2) is 6.61. The highest BCUT2D eigenvalue weighted by Crippen LogP contribution is 2.18. The van der Waals surface area contributed by atoms with Crippen LogP contribution in [0.4, 0.5) is 0 Å². The summed E-state index contributed by atoms with van der Waals surface area (Å²) in [6.07, 6.45) is 7.60. The van der Waals surface area contributed by atoms with Crippen LogP contribution in [0.5, 0.6) is 0 Å². The number of hydrogen-bond acceptors (Lipinski definition) is 2. The van der Waals surface area contributed by atoms with Gasteiger partial charge in [0.1, 0.15) is 0 Å². The maximum absolute atomic E-state index is 4.54. The molecular formula is C12H15ClN2S. The third-order valence-electron chi connectivity index (χ3n) is 2.40. The molecule has 1 unspecified atom stereocenters. The number of aryl methyl sites for hydroxylation is 1. The van der Waals surface area contributed by atoms with Crippen LogP contribution in [0, 0.1) is 0 Å². The molecule has 0 aliphatic carbocycles. The van der Waals surface area contributed by atoms with E-state index in [0.717, 1.165) is 12.8 Å². The van der Waals surface area contributed by atoms with E-state index in [-0.39, 0.29) is 17.8 Å². The molecule has 4 heteroatoms. The molecule has 0 spiro atoms. The zero-order chi connectivity index (χ0) is 10.5. The Morgan fingerprint density at radius 3 is 2.62 bits per heavy atom. The number of aromatic nitrogens is 2. The second-order valence-corrected chi connectivity index (χ2v) is 4.11. The number of hydrogen-bond donors (Lipinski definition) is 1. The van der Waals surface area contributed by atoms with Gasteiger partial charge in [-0.3, -0.25) is 0 Å². The first-order chi connectivity index (χ1) is 7.36. The van der Waals surface area contributed by atoms with Crippen LogP contribution in [0.15, 0.2) is 49.1 Å². The van der Waals surface area contributed by atoms with Gasteiger partial charge in [-0.25, -0.2) is 4.98 Å². The molecule has 2 rings (SSSR count). The van der Waals surface area contributed by atoms with Crippen LogP contribution in [0.2, 0.25) is 0 Å². The molecule has 0 saturated heterocycles. The fourth-order valence-corrected chi connectivity index (χ4v) is 1.80. The van der Waals surface area contributed by atoms with Crippen molar-refractivity contribution >= 4 is 25.0 Å². The van der Waals surface area contributed by atoms with Crippen LogP contribution in [-0.2, 0) is 6.42 Å². The molecule has 2 aromatic rings. The molecule has 0 fully saturated rings. The lowest BCUT2D eigenvalue weighted by Crippen LogP contribution is -2.01. The number of halogens is 1. The van der Waals surface area contributed by atoms with Gasteiger partial charge in [-0.2, -0.15) is 12.6 Å². The average molecular weight is 255 g/mol. The molecule has 0 amide bonds. The van der Waals surface area contributed by atoms with Crippen molar-refractivity contribution in [3.05, 3.63) is 54.6 Å². The van der Waals surface area contributed by atoms with Gasteiger partial charge in [0.15, 0.2) is 0 Å². The minimum Gasteiger partial charge on any atom is -0.325 e. The van der Waals surface area contributed by atoms with E-state index in [9.17, 15) is 0 Å². The lowest BCUT2D eigenvalue weighted by Gasteiger charge is -2.11. The minimum atomic E-state index is 0. The maximum Gasteiger partial charge on any atom is 0.0955 e. The molecule has 1 heterocycles. The molecule has 2 nitrogen and oxygen atoms in total. The van der Waals surface area contributed by atoms with Crippen molar-refractivity contribution in [3.8, 4) is 0 Å². The summed E-state index contributed by atoms with van der Waals surface area (Å²) in [5, 5.41) is 0.215. The number of nitrogens with zero attached hydrogens (tertiary/aromatic N) is 2. The van der Waals surface area contributed by atoms with Crippen LogP contribution < -0.4 is 0 Å². The molecule has 0 N–H and O–H groups in total. The summed E-state index contributed by atoms with van der Waals surface area (Å²) in [5.74, 6) is 0. The van der Waals surface area contributed by atoms with Crippen molar-refractivity contribution in [2.24, 2.45) is 0 Å². The fourth-order valence-electron chi connectivity index (χ4n) is 1.54. The summed E-state index contributed by atoms with van der Waals surface area (Å²) in [6.45, 7) is 0. The van der Waals surface area contributed by atoms with Crippen molar-refractivity contribution < 1.29 is 0 Å². The van der Waals surface area contributed by atoms with Crippen molar-refractivity contribution in [1.29, 1.82) is 0 Å². The van der Waals surface area contributed by atoms with E-state index >= 15 is 0 Å². The molecule has 16 heavy (non-hydrogen) atoms. The monoisotopic (exact) mass is 254 g/mol. The van der Waals surface area contributed by atoms with Crippen LogP contribution in [-0.4, -0.2) is 9.55 Å². The lowest BCUT2D eigenvalue weighted by molar-refractivity contribution is 0.627. The number of rotatable bonds is 4. The molecule has 86 valence electrons. The summed E-state index contributed by atoms with van der Waals surface area (Å²) in [4.78, 5) is 4.01. The lowest BCUT2D eigenvalue weighted by atomic mass is 10.1. The Bertz CT molecular complexity index is 389. The van der Waals surface area contributed by atoms with Gasteiger partial charge in [0.2, 0.25) is 0 Å². The smallest absolute Gasteiger partial charge is 0.0955 e. The average Bonchev–Trinajstić information content (AvgIpc) is 2.81. The highest BCUT2D eigenvalue weighted by molar-refractivity contribution is 7.80. The van der Waals surface area contributed by atoms with Crippen LogP contribution in [0.1, 0.15) is 17.4 Å². The van der Waals surface area contributed by atoms with Gasteiger partial charge in [-0.05, 0) is 18.4 Å². The third-order valence-corrected chi connectivity index (χ3v) is 2.93. The molecule has 0 bridgehead atoms. The van der Waals surface area contributed by atoms with E-state index in [1.54, 1.807) is 6.20 Å². The van der Waals surface area contributed by atoms with Crippen molar-refractivity contribution in [3.63, 3.8) is 0 Å². The van der Waals surface area contributed by atoms with E-state index < -0.39 is 0 Å². The molecule has 0 saturated carbocycles. The highest BCUT2D eigenvalue weighted by atomic mass is 35.5. The summed E-state index contributed by atoms with van der Waals surface area (Å²) in [7, 11) is 0. The van der Waals surface area contributed by atoms with E-state index in [1.165, 1.54) is 5.56 Å². The summed E-state index contributed by atoms with van der Waals surface area (Å²) < 4.78 is 2.02. The van der Waals surface area contributed by atoms with Gasteiger partial charge in [-0.1, -0.05) is 30.3 Å². The Balaban J connectivity index is 0.00000128. The largest absolute Gasteiger partial charge is 0.325 e. The van der Waals surface area contributed by atoms with Gasteiger partial charge in [-0.15, -0.1) is 12.4 Å². The Labute approximate surface area is 108 Å². The highest BCUT2D eigenvalue weighted by Gasteiger charge is 2.04. The van der Waals surface area contributed by atoms with E-state index in [4.69, 9.17) is 0 Å². The number of benzene rings is 1. The zero-order valence-corrected chi connectivity index (χ0v) is 10.6. The summed E-state index contributed by atoms with van der Waals surface area (Å²) in [6, 6.07) is 10.5. The maximum atomic E-state index is 4.54. The fraction of sp³-hybridized carbons (Fsp3) is 0.250. The molecule has 1 aromatic carbocycles. The van der Waals surface area contributed by atoms with Crippen molar-refractivity contribution in [2.45, 2.75) is 18.2 Å². The van der Waals surface area contributed by atoms with E-state index in [2.05, 4.69) is 41.9 Å². The van der Waals surface area contributed by atoms with Crippen LogP contribution in [0.25, 0.3) is 0 Å². The Kier molecular flexibility index (Phi) is 5.43. The quantitative estimate of drug-likeness (QED) is 0.829. The first-order valence-corrected chi connectivity index (χ1v) is 5.57. The molecular weight excluding hydrogens is 240 g/mol. The van der Waals surface area contributed by atoms with Crippen molar-refractivity contribution in [1.82, 2.24) is 9.55 Å². The zero-order valence-electron chi connectivity index (χ0n) is 8.86. The van der Waals surface area contributed by atoms with E-state index in [0.29, 0.717) is 0 Å². The SMILES string of the molecule is Cl.SC(CCc1ccccc1)n1ccnc1. The first-order valence-electron chi connectivity index (χ1n) is 5.06. The summed E-state index contributed by atoms with van der Waals surface area (Å²) in [5.41, 5.74) is 1.36. The van der Waals surface area contributed by atoms with Crippen LogP contribution in [0.3, 0.4) is 0 Å². The van der Waals surface area contributed by atoms with Gasteiger partial charge < -0.3 is 4.57 Å². The molecule has 0 aliphatic heterocycles. The molecule has 0 aliphatic rings. The summed E-state index contributed by atoms with van der Waals surface area (Å²) >= 11 is 4.54. The van der Waals surface area contributed by atoms with Crippen molar-refractivity contribution in [2.75, 3.05) is 0 Å².